The number of carbonyl (C=O) groups excluding carboxylic acids is 1. The molecule has 0 radical (unpaired) electrons. The fraction of sp³-hybridized carbons (Fsp3) is 0.850. The van der Waals surface area contributed by atoms with Crippen molar-refractivity contribution in [1.29, 1.82) is 0 Å². The lowest BCUT2D eigenvalue weighted by Crippen LogP contribution is -2.61. The van der Waals surface area contributed by atoms with Crippen LogP contribution in [0.25, 0.3) is 0 Å². The van der Waals surface area contributed by atoms with Crippen LogP contribution in [0.5, 0.6) is 0 Å². The van der Waals surface area contributed by atoms with Gasteiger partial charge in [-0.25, -0.2) is 0 Å². The second-order valence-corrected chi connectivity index (χ2v) is 10.3. The van der Waals surface area contributed by atoms with Gasteiger partial charge in [-0.1, -0.05) is 25.5 Å². The van der Waals surface area contributed by atoms with Crippen LogP contribution in [0.4, 0.5) is 0 Å². The molecule has 116 valence electrons. The Labute approximate surface area is 132 Å². The van der Waals surface area contributed by atoms with E-state index in [9.17, 15) is 4.79 Å². The van der Waals surface area contributed by atoms with E-state index in [4.69, 9.17) is 0 Å². The molecule has 0 aromatic carbocycles. The molecule has 10 atom stereocenters. The quantitative estimate of drug-likeness (QED) is 0.640. The molecule has 0 aromatic rings. The van der Waals surface area contributed by atoms with E-state index in [0.717, 1.165) is 17.9 Å². The minimum atomic E-state index is 0.238. The van der Waals surface area contributed by atoms with Gasteiger partial charge in [-0.3, -0.25) is 9.69 Å². The van der Waals surface area contributed by atoms with Gasteiger partial charge in [0.1, 0.15) is 5.78 Å². The summed E-state index contributed by atoms with van der Waals surface area (Å²) in [4.78, 5) is 16.1. The van der Waals surface area contributed by atoms with Gasteiger partial charge in [-0.15, -0.1) is 0 Å². The number of fused-ring (bicyclic) bond motifs is 1. The van der Waals surface area contributed by atoms with Crippen LogP contribution in [-0.4, -0.2) is 29.3 Å². The number of hydrogen-bond donors (Lipinski definition) is 0. The van der Waals surface area contributed by atoms with Crippen LogP contribution < -0.4 is 0 Å². The van der Waals surface area contributed by atoms with Gasteiger partial charge in [0.25, 0.3) is 0 Å². The largest absolute Gasteiger partial charge is 0.299 e. The molecule has 22 heavy (non-hydrogen) atoms. The van der Waals surface area contributed by atoms with Crippen molar-refractivity contribution in [3.05, 3.63) is 12.2 Å². The van der Waals surface area contributed by atoms with E-state index in [-0.39, 0.29) is 5.92 Å². The van der Waals surface area contributed by atoms with E-state index < -0.39 is 0 Å². The summed E-state index contributed by atoms with van der Waals surface area (Å²) in [7, 11) is 0. The molecule has 0 amide bonds. The first kappa shape index (κ1) is 11.8. The molecule has 0 aromatic heterocycles. The number of carbonyl (C=O) groups is 1. The first-order chi connectivity index (χ1) is 10.5. The Morgan fingerprint density at radius 3 is 3.05 bits per heavy atom. The van der Waals surface area contributed by atoms with Crippen molar-refractivity contribution in [3.63, 3.8) is 0 Å². The topological polar surface area (TPSA) is 20.3 Å². The van der Waals surface area contributed by atoms with Crippen LogP contribution in [0.3, 0.4) is 0 Å². The Morgan fingerprint density at radius 2 is 2.18 bits per heavy atom. The smallest absolute Gasteiger partial charge is 0.145 e. The van der Waals surface area contributed by atoms with Crippen molar-refractivity contribution in [1.82, 2.24) is 4.90 Å². The lowest BCUT2D eigenvalue weighted by Gasteiger charge is -2.62. The zero-order valence-electron chi connectivity index (χ0n) is 13.5. The van der Waals surface area contributed by atoms with E-state index in [1.165, 1.54) is 50.6 Å². The number of nitrogens with zero attached hydrogens (tertiary/aromatic N) is 1. The molecule has 9 fully saturated rings. The van der Waals surface area contributed by atoms with E-state index in [2.05, 4.69) is 18.4 Å². The van der Waals surface area contributed by atoms with Crippen molar-refractivity contribution in [3.8, 4) is 0 Å². The Kier molecular flexibility index (Phi) is 1.56. The van der Waals surface area contributed by atoms with Gasteiger partial charge in [-0.2, -0.15) is 0 Å². The minimum absolute atomic E-state index is 0.238. The number of ketones is 1. The molecule has 3 heterocycles. The Bertz CT molecular complexity index is 683. The van der Waals surface area contributed by atoms with Crippen LogP contribution >= 0.6 is 0 Å². The van der Waals surface area contributed by atoms with E-state index >= 15 is 0 Å². The predicted octanol–water partition coefficient (Wildman–Crippen LogP) is 3.03. The summed E-state index contributed by atoms with van der Waals surface area (Å²) in [5.74, 6) is 3.02. The highest BCUT2D eigenvalue weighted by Crippen LogP contribution is 2.86. The maximum atomic E-state index is 13.3. The molecule has 6 aliphatic carbocycles. The molecule has 0 N–H and O–H groups in total. The zero-order chi connectivity index (χ0) is 14.6. The number of hydrogen-bond acceptors (Lipinski definition) is 2. The Morgan fingerprint density at radius 1 is 1.32 bits per heavy atom. The molecule has 3 saturated heterocycles. The minimum Gasteiger partial charge on any atom is -0.299 e. The van der Waals surface area contributed by atoms with Gasteiger partial charge < -0.3 is 0 Å². The maximum Gasteiger partial charge on any atom is 0.145 e. The fourth-order valence-electron chi connectivity index (χ4n) is 10.2. The normalized spacial score (nSPS) is 71.8. The summed E-state index contributed by atoms with van der Waals surface area (Å²) in [5, 5.41) is 0. The number of rotatable bonds is 0. The SMILES string of the molecule is C=C1C[C@@]23C[C@H]4[C@@H]5[C@@]6(C)CCC[C@@]57[C@@H]2C[C@@H]1C(=O)[C@@H]3[C@H]7N4C6. The zero-order valence-corrected chi connectivity index (χ0v) is 13.5. The monoisotopic (exact) mass is 295 g/mol. The third-order valence-electron chi connectivity index (χ3n) is 9.99. The van der Waals surface area contributed by atoms with Crippen LogP contribution in [0.2, 0.25) is 0 Å². The summed E-state index contributed by atoms with van der Waals surface area (Å²) in [6.07, 6.45) is 8.00. The fourth-order valence-corrected chi connectivity index (χ4v) is 10.2. The van der Waals surface area contributed by atoms with Gasteiger partial charge in [-0.05, 0) is 60.2 Å². The van der Waals surface area contributed by atoms with Crippen molar-refractivity contribution >= 4 is 5.78 Å². The van der Waals surface area contributed by atoms with Gasteiger partial charge in [0.15, 0.2) is 0 Å². The average Bonchev–Trinajstić information content (AvgIpc) is 2.88. The maximum absolute atomic E-state index is 13.3. The first-order valence-electron chi connectivity index (χ1n) is 9.50. The average molecular weight is 295 g/mol. The molecule has 2 heteroatoms. The summed E-state index contributed by atoms with van der Waals surface area (Å²) in [6, 6.07) is 1.46. The van der Waals surface area contributed by atoms with E-state index in [0.29, 0.717) is 34.0 Å². The van der Waals surface area contributed by atoms with Gasteiger partial charge in [0.05, 0.1) is 0 Å². The molecule has 2 spiro atoms. The highest BCUT2D eigenvalue weighted by atomic mass is 16.1. The molecule has 9 bridgehead atoms. The summed E-state index contributed by atoms with van der Waals surface area (Å²) >= 11 is 0. The molecule has 9 aliphatic rings. The van der Waals surface area contributed by atoms with Crippen molar-refractivity contribution in [2.45, 2.75) is 57.5 Å². The molecule has 3 aliphatic heterocycles. The van der Waals surface area contributed by atoms with Gasteiger partial charge in [0, 0.05) is 30.5 Å². The van der Waals surface area contributed by atoms with Gasteiger partial charge in [0.2, 0.25) is 0 Å². The van der Waals surface area contributed by atoms with Crippen LogP contribution in [0, 0.1) is 39.9 Å². The molecular formula is C20H25NO. The molecule has 2 nitrogen and oxygen atoms in total. The van der Waals surface area contributed by atoms with E-state index in [1.807, 2.05) is 0 Å². The second kappa shape index (κ2) is 2.90. The Balaban J connectivity index is 1.55. The molecular weight excluding hydrogens is 270 g/mol. The molecule has 6 saturated carbocycles. The summed E-state index contributed by atoms with van der Waals surface area (Å²) in [6.45, 7) is 8.22. The highest BCUT2D eigenvalue weighted by Gasteiger charge is 2.88. The number of allylic oxidation sites excluding steroid dienone is 1. The molecule has 9 rings (SSSR count). The van der Waals surface area contributed by atoms with Crippen molar-refractivity contribution < 1.29 is 4.79 Å². The third kappa shape index (κ3) is 0.800. The standard InChI is InChI=1S/C20H25NO/c1-10-7-19-8-12-16-18(2)4-3-5-20(16)13(19)6-11(10)15(22)14(19)17(20)21(12)9-18/h11-14,16-17H,1,3-9H2,2H3/t11-,12-,13+,14+,16+,17+,18-,19+,20+/m0/s1. The second-order valence-electron chi connectivity index (χ2n) is 10.3. The summed E-state index contributed by atoms with van der Waals surface area (Å²) in [5.41, 5.74) is 2.76. The number of Topliss-reactive ketones (excluding diaryl/α,β-unsaturated/α-hetero) is 1. The van der Waals surface area contributed by atoms with Gasteiger partial charge >= 0.3 is 0 Å². The Hall–Kier alpha value is -0.630. The predicted molar refractivity (Wildman–Crippen MR) is 83.1 cm³/mol. The lowest BCUT2D eigenvalue weighted by molar-refractivity contribution is -0.152. The highest BCUT2D eigenvalue weighted by molar-refractivity contribution is 5.91. The third-order valence-corrected chi connectivity index (χ3v) is 9.99. The van der Waals surface area contributed by atoms with Crippen LogP contribution in [0.1, 0.15) is 45.4 Å². The van der Waals surface area contributed by atoms with Crippen molar-refractivity contribution in [2.75, 3.05) is 6.54 Å². The first-order valence-corrected chi connectivity index (χ1v) is 9.50. The number of piperidine rings is 2. The van der Waals surface area contributed by atoms with E-state index in [1.54, 1.807) is 0 Å². The molecule has 1 unspecified atom stereocenters. The van der Waals surface area contributed by atoms with Crippen LogP contribution in [-0.2, 0) is 4.79 Å². The summed E-state index contributed by atoms with van der Waals surface area (Å²) < 4.78 is 0. The van der Waals surface area contributed by atoms with Crippen LogP contribution in [0.15, 0.2) is 12.2 Å². The van der Waals surface area contributed by atoms with Crippen molar-refractivity contribution in [2.24, 2.45) is 39.9 Å². The lowest BCUT2D eigenvalue weighted by atomic mass is 9.41.